The molecule has 0 rings (SSSR count). The van der Waals surface area contributed by atoms with E-state index in [-0.39, 0.29) is 24.9 Å². The van der Waals surface area contributed by atoms with Gasteiger partial charge in [-0.15, -0.1) is 0 Å². The molecule has 0 bridgehead atoms. The largest absolute Gasteiger partial charge is 0.462 e. The summed E-state index contributed by atoms with van der Waals surface area (Å²) in [6.45, 7) is 6.42. The minimum absolute atomic E-state index is 0.0630. The SMILES string of the molecule is CCCCC/C=C\C/C=C\C/C=C\CCCCCCC(=O)OC(CCCCCCC/C=C\CCCCCC)CC(=O)NC(CO)C(O)CCCCCCCCCCCC. The number of rotatable bonds is 45. The number of allylic oxidation sites excluding steroid dienone is 8. The van der Waals surface area contributed by atoms with E-state index in [0.29, 0.717) is 19.3 Å². The fourth-order valence-corrected chi connectivity index (χ4v) is 7.49. The lowest BCUT2D eigenvalue weighted by Crippen LogP contribution is -2.46. The van der Waals surface area contributed by atoms with Crippen LogP contribution < -0.4 is 5.32 Å². The van der Waals surface area contributed by atoms with E-state index in [1.54, 1.807) is 0 Å². The Bertz CT molecular complexity index is 1020. The first-order valence-corrected chi connectivity index (χ1v) is 25.4. The summed E-state index contributed by atoms with van der Waals surface area (Å²) in [6.07, 6.45) is 55.9. The van der Waals surface area contributed by atoms with E-state index in [0.717, 1.165) is 89.9 Å². The third kappa shape index (κ3) is 42.3. The predicted octanol–water partition coefficient (Wildman–Crippen LogP) is 15.1. The van der Waals surface area contributed by atoms with E-state index in [1.807, 2.05) is 0 Å². The third-order valence-corrected chi connectivity index (χ3v) is 11.4. The predicted molar refractivity (Wildman–Crippen MR) is 255 cm³/mol. The number of aliphatic hydroxyl groups is 2. The molecule has 0 radical (unpaired) electrons. The normalized spacial score (nSPS) is 13.6. The second-order valence-corrected chi connectivity index (χ2v) is 17.2. The Morgan fingerprint density at radius 2 is 0.864 bits per heavy atom. The van der Waals surface area contributed by atoms with Crippen molar-refractivity contribution in [2.75, 3.05) is 6.61 Å². The molecule has 3 N–H and O–H groups in total. The van der Waals surface area contributed by atoms with Crippen LogP contribution in [-0.4, -0.2) is 46.9 Å². The van der Waals surface area contributed by atoms with Gasteiger partial charge in [-0.05, 0) is 89.9 Å². The number of unbranched alkanes of at least 4 members (excludes halogenated alkanes) is 25. The van der Waals surface area contributed by atoms with Gasteiger partial charge >= 0.3 is 5.97 Å². The zero-order valence-corrected chi connectivity index (χ0v) is 39.1. The average Bonchev–Trinajstić information content (AvgIpc) is 3.23. The standard InChI is InChI=1S/C53H97NO5/c1-4-7-10-13-16-19-22-24-25-26-27-29-31-34-37-40-43-46-53(58)59-49(44-41-38-35-32-30-28-23-20-17-14-11-8-5-2)47-52(57)54-50(48-55)51(56)45-42-39-36-33-21-18-15-12-9-6-3/h16,19-20,23-25,27,29,49-51,55-56H,4-15,17-18,21-22,26,28,30-48H2,1-3H3,(H,54,57)/b19-16-,23-20-,25-24-,29-27-. The summed E-state index contributed by atoms with van der Waals surface area (Å²) in [7, 11) is 0. The van der Waals surface area contributed by atoms with Crippen LogP contribution in [0, 0.1) is 0 Å². The lowest BCUT2D eigenvalue weighted by atomic mass is 10.0. The fraction of sp³-hybridized carbons (Fsp3) is 0.811. The molecule has 0 saturated heterocycles. The molecule has 0 aromatic heterocycles. The van der Waals surface area contributed by atoms with Crippen LogP contribution in [0.5, 0.6) is 0 Å². The maximum absolute atomic E-state index is 13.2. The second-order valence-electron chi connectivity index (χ2n) is 17.2. The summed E-state index contributed by atoms with van der Waals surface area (Å²) < 4.78 is 5.92. The van der Waals surface area contributed by atoms with Crippen LogP contribution in [0.3, 0.4) is 0 Å². The molecule has 344 valence electrons. The third-order valence-electron chi connectivity index (χ3n) is 11.4. The van der Waals surface area contributed by atoms with Gasteiger partial charge in [0.1, 0.15) is 6.10 Å². The van der Waals surface area contributed by atoms with Crippen molar-refractivity contribution in [2.45, 2.75) is 270 Å². The maximum Gasteiger partial charge on any atom is 0.306 e. The van der Waals surface area contributed by atoms with Crippen molar-refractivity contribution in [1.29, 1.82) is 0 Å². The van der Waals surface area contributed by atoms with Gasteiger partial charge in [-0.3, -0.25) is 9.59 Å². The number of carbonyl (C=O) groups is 2. The Morgan fingerprint density at radius 1 is 0.492 bits per heavy atom. The molecule has 0 fully saturated rings. The van der Waals surface area contributed by atoms with Gasteiger partial charge in [0.15, 0.2) is 0 Å². The molecule has 6 heteroatoms. The van der Waals surface area contributed by atoms with Gasteiger partial charge in [0, 0.05) is 6.42 Å². The molecule has 0 heterocycles. The number of hydrogen-bond donors (Lipinski definition) is 3. The second kappa shape index (κ2) is 46.9. The highest BCUT2D eigenvalue weighted by Gasteiger charge is 2.24. The molecule has 59 heavy (non-hydrogen) atoms. The summed E-state index contributed by atoms with van der Waals surface area (Å²) in [5.41, 5.74) is 0. The number of ether oxygens (including phenoxy) is 1. The van der Waals surface area contributed by atoms with Crippen LogP contribution >= 0.6 is 0 Å². The Labute approximate surface area is 366 Å². The zero-order chi connectivity index (χ0) is 43.1. The quantitative estimate of drug-likeness (QED) is 0.0323. The highest BCUT2D eigenvalue weighted by molar-refractivity contribution is 5.77. The zero-order valence-electron chi connectivity index (χ0n) is 39.1. The van der Waals surface area contributed by atoms with Crippen LogP contribution in [0.4, 0.5) is 0 Å². The molecular formula is C53H97NO5. The van der Waals surface area contributed by atoms with Gasteiger partial charge in [0.05, 0.1) is 25.2 Å². The average molecular weight is 828 g/mol. The first-order valence-electron chi connectivity index (χ1n) is 25.4. The number of nitrogens with one attached hydrogen (secondary N) is 1. The Morgan fingerprint density at radius 3 is 1.37 bits per heavy atom. The first-order chi connectivity index (χ1) is 29.0. The van der Waals surface area contributed by atoms with Crippen LogP contribution in [0.15, 0.2) is 48.6 Å². The van der Waals surface area contributed by atoms with Crippen molar-refractivity contribution < 1.29 is 24.5 Å². The van der Waals surface area contributed by atoms with Gasteiger partial charge in [-0.25, -0.2) is 0 Å². The first kappa shape index (κ1) is 56.8. The molecule has 0 aromatic rings. The monoisotopic (exact) mass is 828 g/mol. The highest BCUT2D eigenvalue weighted by Crippen LogP contribution is 2.17. The van der Waals surface area contributed by atoms with Crippen LogP contribution in [-0.2, 0) is 14.3 Å². The van der Waals surface area contributed by atoms with Gasteiger partial charge in [-0.2, -0.15) is 0 Å². The molecule has 3 unspecified atom stereocenters. The van der Waals surface area contributed by atoms with E-state index >= 15 is 0 Å². The summed E-state index contributed by atoms with van der Waals surface area (Å²) in [6, 6.07) is -0.707. The van der Waals surface area contributed by atoms with E-state index in [1.165, 1.54) is 116 Å². The molecule has 0 saturated carbocycles. The topological polar surface area (TPSA) is 95.9 Å². The summed E-state index contributed by atoms with van der Waals surface area (Å²) in [5.74, 6) is -0.505. The van der Waals surface area contributed by atoms with E-state index in [2.05, 4.69) is 74.7 Å². The van der Waals surface area contributed by atoms with Gasteiger partial charge in [-0.1, -0.05) is 198 Å². The van der Waals surface area contributed by atoms with Crippen LogP contribution in [0.25, 0.3) is 0 Å². The number of aliphatic hydroxyl groups excluding tert-OH is 2. The van der Waals surface area contributed by atoms with Gasteiger partial charge < -0.3 is 20.3 Å². The number of hydrogen-bond acceptors (Lipinski definition) is 5. The van der Waals surface area contributed by atoms with Crippen molar-refractivity contribution in [3.63, 3.8) is 0 Å². The van der Waals surface area contributed by atoms with E-state index in [4.69, 9.17) is 4.74 Å². The molecule has 0 aliphatic heterocycles. The Balaban J connectivity index is 4.62. The molecule has 0 spiro atoms. The van der Waals surface area contributed by atoms with Crippen molar-refractivity contribution in [1.82, 2.24) is 5.32 Å². The van der Waals surface area contributed by atoms with Crippen molar-refractivity contribution in [3.05, 3.63) is 48.6 Å². The van der Waals surface area contributed by atoms with Crippen molar-refractivity contribution in [3.8, 4) is 0 Å². The lowest BCUT2D eigenvalue weighted by Gasteiger charge is -2.24. The molecule has 0 aliphatic rings. The molecular weight excluding hydrogens is 731 g/mol. The van der Waals surface area contributed by atoms with Gasteiger partial charge in [0.25, 0.3) is 0 Å². The molecule has 0 aromatic carbocycles. The van der Waals surface area contributed by atoms with Crippen molar-refractivity contribution >= 4 is 11.9 Å². The number of amides is 1. The van der Waals surface area contributed by atoms with E-state index in [9.17, 15) is 19.8 Å². The van der Waals surface area contributed by atoms with Crippen LogP contribution in [0.1, 0.15) is 252 Å². The minimum atomic E-state index is -0.792. The van der Waals surface area contributed by atoms with E-state index < -0.39 is 18.2 Å². The number of carbonyl (C=O) groups excluding carboxylic acids is 2. The molecule has 0 aliphatic carbocycles. The fourth-order valence-electron chi connectivity index (χ4n) is 7.49. The Hall–Kier alpha value is -2.18. The smallest absolute Gasteiger partial charge is 0.306 e. The molecule has 3 atom stereocenters. The van der Waals surface area contributed by atoms with Gasteiger partial charge in [0.2, 0.25) is 5.91 Å². The number of esters is 1. The van der Waals surface area contributed by atoms with Crippen molar-refractivity contribution in [2.24, 2.45) is 0 Å². The Kier molecular flexibility index (Phi) is 45.1. The molecule has 1 amide bonds. The molecule has 6 nitrogen and oxygen atoms in total. The summed E-state index contributed by atoms with van der Waals surface area (Å²) in [4.78, 5) is 26.1. The summed E-state index contributed by atoms with van der Waals surface area (Å²) in [5, 5.41) is 23.7. The minimum Gasteiger partial charge on any atom is -0.462 e. The maximum atomic E-state index is 13.2. The van der Waals surface area contributed by atoms with Crippen LogP contribution in [0.2, 0.25) is 0 Å². The lowest BCUT2D eigenvalue weighted by molar-refractivity contribution is -0.151. The summed E-state index contributed by atoms with van der Waals surface area (Å²) >= 11 is 0. The highest BCUT2D eigenvalue weighted by atomic mass is 16.5.